The monoisotopic (exact) mass is 223 g/mol. The Morgan fingerprint density at radius 3 is 2.50 bits per heavy atom. The average Bonchev–Trinajstić information content (AvgIpc) is 2.26. The SMILES string of the molecule is CC(=O)N(C)C(C)C(=O)c1cccc(F)c1. The molecule has 0 aromatic heterocycles. The van der Waals surface area contributed by atoms with Gasteiger partial charge in [0.25, 0.3) is 0 Å². The van der Waals surface area contributed by atoms with Crippen LogP contribution in [0.5, 0.6) is 0 Å². The topological polar surface area (TPSA) is 37.4 Å². The Bertz CT molecular complexity index is 417. The third kappa shape index (κ3) is 2.66. The minimum atomic E-state index is -0.584. The van der Waals surface area contributed by atoms with Crippen LogP contribution in [-0.4, -0.2) is 29.7 Å². The van der Waals surface area contributed by atoms with E-state index in [-0.39, 0.29) is 17.3 Å². The van der Waals surface area contributed by atoms with E-state index in [9.17, 15) is 14.0 Å². The summed E-state index contributed by atoms with van der Waals surface area (Å²) in [6, 6.07) is 4.88. The number of carbonyl (C=O) groups excluding carboxylic acids is 2. The highest BCUT2D eigenvalue weighted by molar-refractivity contribution is 6.01. The zero-order valence-corrected chi connectivity index (χ0v) is 9.53. The van der Waals surface area contributed by atoms with Crippen LogP contribution in [0.15, 0.2) is 24.3 Å². The van der Waals surface area contributed by atoms with Crippen molar-refractivity contribution in [2.75, 3.05) is 7.05 Å². The fourth-order valence-electron chi connectivity index (χ4n) is 1.33. The summed E-state index contributed by atoms with van der Waals surface area (Å²) in [5.41, 5.74) is 0.278. The van der Waals surface area contributed by atoms with Gasteiger partial charge in [-0.2, -0.15) is 0 Å². The molecule has 1 unspecified atom stereocenters. The van der Waals surface area contributed by atoms with Crippen LogP contribution < -0.4 is 0 Å². The molecule has 0 aliphatic rings. The van der Waals surface area contributed by atoms with Crippen molar-refractivity contribution >= 4 is 11.7 Å². The average molecular weight is 223 g/mol. The lowest BCUT2D eigenvalue weighted by atomic mass is 10.0. The van der Waals surface area contributed by atoms with Gasteiger partial charge in [0, 0.05) is 19.5 Å². The van der Waals surface area contributed by atoms with E-state index in [0.29, 0.717) is 0 Å². The molecule has 1 aromatic carbocycles. The van der Waals surface area contributed by atoms with Crippen molar-refractivity contribution in [3.8, 4) is 0 Å². The van der Waals surface area contributed by atoms with E-state index in [1.807, 2.05) is 0 Å². The van der Waals surface area contributed by atoms with E-state index in [2.05, 4.69) is 0 Å². The fourth-order valence-corrected chi connectivity index (χ4v) is 1.33. The van der Waals surface area contributed by atoms with Gasteiger partial charge in [-0.25, -0.2) is 4.39 Å². The molecule has 86 valence electrons. The van der Waals surface area contributed by atoms with Gasteiger partial charge in [0.05, 0.1) is 6.04 Å². The number of carbonyl (C=O) groups is 2. The van der Waals surface area contributed by atoms with Gasteiger partial charge in [0.1, 0.15) is 5.82 Å². The molecule has 16 heavy (non-hydrogen) atoms. The summed E-state index contributed by atoms with van der Waals surface area (Å²) in [7, 11) is 1.55. The molecule has 1 rings (SSSR count). The maximum absolute atomic E-state index is 12.9. The molecule has 0 bridgehead atoms. The van der Waals surface area contributed by atoms with Crippen molar-refractivity contribution in [1.82, 2.24) is 4.90 Å². The zero-order valence-electron chi connectivity index (χ0n) is 9.53. The Hall–Kier alpha value is -1.71. The molecule has 0 saturated heterocycles. The number of nitrogens with zero attached hydrogens (tertiary/aromatic N) is 1. The van der Waals surface area contributed by atoms with Gasteiger partial charge in [-0.15, -0.1) is 0 Å². The maximum Gasteiger partial charge on any atom is 0.219 e. The quantitative estimate of drug-likeness (QED) is 0.734. The highest BCUT2D eigenvalue weighted by Crippen LogP contribution is 2.09. The summed E-state index contributed by atoms with van der Waals surface area (Å²) < 4.78 is 12.9. The van der Waals surface area contributed by atoms with Gasteiger partial charge >= 0.3 is 0 Å². The molecule has 0 fully saturated rings. The molecule has 0 spiro atoms. The number of benzene rings is 1. The van der Waals surface area contributed by atoms with Crippen LogP contribution in [-0.2, 0) is 4.79 Å². The zero-order chi connectivity index (χ0) is 12.3. The minimum Gasteiger partial charge on any atom is -0.336 e. The molecular weight excluding hydrogens is 209 g/mol. The van der Waals surface area contributed by atoms with Crippen LogP contribution in [0.1, 0.15) is 24.2 Å². The number of likely N-dealkylation sites (N-methyl/N-ethyl adjacent to an activating group) is 1. The van der Waals surface area contributed by atoms with Crippen molar-refractivity contribution in [2.45, 2.75) is 19.9 Å². The van der Waals surface area contributed by atoms with E-state index in [1.54, 1.807) is 14.0 Å². The Kier molecular flexibility index (Phi) is 3.77. The van der Waals surface area contributed by atoms with E-state index < -0.39 is 11.9 Å². The summed E-state index contributed by atoms with van der Waals surface area (Å²) in [6.45, 7) is 3.00. The molecule has 1 aromatic rings. The largest absolute Gasteiger partial charge is 0.336 e. The van der Waals surface area contributed by atoms with Crippen molar-refractivity contribution < 1.29 is 14.0 Å². The molecule has 0 aliphatic carbocycles. The first kappa shape index (κ1) is 12.4. The molecule has 0 saturated carbocycles. The first-order valence-corrected chi connectivity index (χ1v) is 4.96. The Labute approximate surface area is 93.9 Å². The second kappa shape index (κ2) is 4.88. The highest BCUT2D eigenvalue weighted by Gasteiger charge is 2.21. The van der Waals surface area contributed by atoms with Gasteiger partial charge in [0.15, 0.2) is 5.78 Å². The lowest BCUT2D eigenvalue weighted by Gasteiger charge is -2.22. The molecule has 1 amide bonds. The Morgan fingerprint density at radius 1 is 1.38 bits per heavy atom. The third-order valence-electron chi connectivity index (χ3n) is 2.57. The number of Topliss-reactive ketones (excluding diaryl/α,β-unsaturated/α-hetero) is 1. The van der Waals surface area contributed by atoms with Crippen LogP contribution in [0.3, 0.4) is 0 Å². The van der Waals surface area contributed by atoms with Crippen molar-refractivity contribution in [3.05, 3.63) is 35.6 Å². The third-order valence-corrected chi connectivity index (χ3v) is 2.57. The fraction of sp³-hybridized carbons (Fsp3) is 0.333. The molecule has 0 aliphatic heterocycles. The van der Waals surface area contributed by atoms with E-state index in [0.717, 1.165) is 0 Å². The van der Waals surface area contributed by atoms with Gasteiger partial charge in [-0.1, -0.05) is 12.1 Å². The van der Waals surface area contributed by atoms with Crippen LogP contribution in [0.25, 0.3) is 0 Å². The summed E-state index contributed by atoms with van der Waals surface area (Å²) in [5, 5.41) is 0. The molecule has 4 heteroatoms. The number of halogens is 1. The molecule has 0 radical (unpaired) electrons. The predicted octanol–water partition coefficient (Wildman–Crippen LogP) is 1.88. The van der Waals surface area contributed by atoms with Gasteiger partial charge < -0.3 is 4.90 Å². The summed E-state index contributed by atoms with van der Waals surface area (Å²) >= 11 is 0. The predicted molar refractivity (Wildman–Crippen MR) is 58.6 cm³/mol. The number of hydrogen-bond acceptors (Lipinski definition) is 2. The molecule has 0 heterocycles. The summed E-state index contributed by atoms with van der Waals surface area (Å²) in [5.74, 6) is -0.919. The van der Waals surface area contributed by atoms with Crippen LogP contribution in [0.4, 0.5) is 4.39 Å². The van der Waals surface area contributed by atoms with Crippen LogP contribution in [0.2, 0.25) is 0 Å². The minimum absolute atomic E-state index is 0.197. The smallest absolute Gasteiger partial charge is 0.219 e. The van der Waals surface area contributed by atoms with Crippen molar-refractivity contribution in [2.24, 2.45) is 0 Å². The summed E-state index contributed by atoms with van der Waals surface area (Å²) in [4.78, 5) is 24.3. The number of ketones is 1. The lowest BCUT2D eigenvalue weighted by molar-refractivity contribution is -0.128. The first-order chi connectivity index (χ1) is 7.43. The summed E-state index contributed by atoms with van der Waals surface area (Å²) in [6.07, 6.45) is 0. The Morgan fingerprint density at radius 2 is 2.00 bits per heavy atom. The maximum atomic E-state index is 12.9. The van der Waals surface area contributed by atoms with Crippen LogP contribution in [0, 0.1) is 5.82 Å². The Balaban J connectivity index is 2.90. The normalized spacial score (nSPS) is 12.0. The van der Waals surface area contributed by atoms with Crippen LogP contribution >= 0.6 is 0 Å². The van der Waals surface area contributed by atoms with E-state index in [1.165, 1.54) is 36.1 Å². The van der Waals surface area contributed by atoms with Gasteiger partial charge in [0.2, 0.25) is 5.91 Å². The van der Waals surface area contributed by atoms with E-state index >= 15 is 0 Å². The molecule has 3 nitrogen and oxygen atoms in total. The second-order valence-electron chi connectivity index (χ2n) is 3.68. The van der Waals surface area contributed by atoms with Crippen molar-refractivity contribution in [3.63, 3.8) is 0 Å². The van der Waals surface area contributed by atoms with Crippen molar-refractivity contribution in [1.29, 1.82) is 0 Å². The highest BCUT2D eigenvalue weighted by atomic mass is 19.1. The number of hydrogen-bond donors (Lipinski definition) is 0. The van der Waals surface area contributed by atoms with Gasteiger partial charge in [-0.05, 0) is 19.1 Å². The van der Waals surface area contributed by atoms with E-state index in [4.69, 9.17) is 0 Å². The molecular formula is C12H14FNO2. The standard InChI is InChI=1S/C12H14FNO2/c1-8(14(3)9(2)15)12(16)10-5-4-6-11(13)7-10/h4-8H,1-3H3. The first-order valence-electron chi connectivity index (χ1n) is 4.96. The lowest BCUT2D eigenvalue weighted by Crippen LogP contribution is -2.39. The number of amides is 1. The number of rotatable bonds is 3. The molecule has 0 N–H and O–H groups in total. The molecule has 1 atom stereocenters. The van der Waals surface area contributed by atoms with Gasteiger partial charge in [-0.3, -0.25) is 9.59 Å². The second-order valence-corrected chi connectivity index (χ2v) is 3.68.